The molecular formula is C21H26N4O4. The molecule has 0 fully saturated rings. The van der Waals surface area contributed by atoms with Crippen molar-refractivity contribution in [3.05, 3.63) is 69.8 Å². The summed E-state index contributed by atoms with van der Waals surface area (Å²) in [5, 5.41) is 24.8. The number of rotatable bonds is 7. The van der Waals surface area contributed by atoms with E-state index in [1.807, 2.05) is 12.1 Å². The Morgan fingerprint density at radius 1 is 1.17 bits per heavy atom. The van der Waals surface area contributed by atoms with Gasteiger partial charge in [-0.3, -0.25) is 20.8 Å². The number of ether oxygens (including phenoxy) is 1. The average molecular weight is 398 g/mol. The summed E-state index contributed by atoms with van der Waals surface area (Å²) in [5.41, 5.74) is 1.50. The van der Waals surface area contributed by atoms with Crippen molar-refractivity contribution >= 4 is 23.3 Å². The summed E-state index contributed by atoms with van der Waals surface area (Å²) in [7, 11) is 0. The van der Waals surface area contributed by atoms with Crippen LogP contribution in [0.4, 0.5) is 16.2 Å². The maximum absolute atomic E-state index is 12.0. The number of nitro benzene ring substituents is 1. The summed E-state index contributed by atoms with van der Waals surface area (Å²) in [5.74, 6) is 0.310. The Morgan fingerprint density at radius 3 is 2.38 bits per heavy atom. The van der Waals surface area contributed by atoms with Gasteiger partial charge in [-0.2, -0.15) is 0 Å². The zero-order valence-electron chi connectivity index (χ0n) is 17.0. The van der Waals surface area contributed by atoms with Gasteiger partial charge in [0, 0.05) is 22.9 Å². The normalized spacial score (nSPS) is 11.1. The van der Waals surface area contributed by atoms with Gasteiger partial charge in [-0.25, -0.2) is 4.79 Å². The predicted octanol–water partition coefficient (Wildman–Crippen LogP) is 4.69. The van der Waals surface area contributed by atoms with Crippen LogP contribution in [0.25, 0.3) is 0 Å². The lowest BCUT2D eigenvalue weighted by atomic mass is 9.90. The molecule has 154 valence electrons. The molecule has 0 bridgehead atoms. The van der Waals surface area contributed by atoms with Crippen LogP contribution < -0.4 is 10.6 Å². The van der Waals surface area contributed by atoms with Crippen molar-refractivity contribution in [2.75, 3.05) is 5.32 Å². The molecule has 0 aromatic heterocycles. The maximum atomic E-state index is 12.0. The highest BCUT2D eigenvalue weighted by Crippen LogP contribution is 2.22. The first-order valence-electron chi connectivity index (χ1n) is 9.23. The molecule has 8 heteroatoms. The highest BCUT2D eigenvalue weighted by atomic mass is 16.6. The van der Waals surface area contributed by atoms with E-state index >= 15 is 0 Å². The molecule has 2 aromatic carbocycles. The third-order valence-corrected chi connectivity index (χ3v) is 4.86. The monoisotopic (exact) mass is 398 g/mol. The largest absolute Gasteiger partial charge is 0.444 e. The molecular weight excluding hydrogens is 372 g/mol. The molecule has 0 aliphatic rings. The van der Waals surface area contributed by atoms with E-state index in [2.05, 4.69) is 38.3 Å². The number of benzene rings is 2. The molecule has 0 unspecified atom stereocenters. The Hall–Kier alpha value is -3.42. The first kappa shape index (κ1) is 21.9. The summed E-state index contributed by atoms with van der Waals surface area (Å²) >= 11 is 0. The minimum atomic E-state index is -0.851. The van der Waals surface area contributed by atoms with Gasteiger partial charge in [0.05, 0.1) is 10.5 Å². The van der Waals surface area contributed by atoms with E-state index in [0.29, 0.717) is 11.5 Å². The van der Waals surface area contributed by atoms with Crippen molar-refractivity contribution in [2.24, 2.45) is 5.92 Å². The summed E-state index contributed by atoms with van der Waals surface area (Å²) in [4.78, 5) is 22.4. The van der Waals surface area contributed by atoms with Gasteiger partial charge in [0.2, 0.25) is 0 Å². The minimum absolute atomic E-state index is 0.0862. The summed E-state index contributed by atoms with van der Waals surface area (Å²) < 4.78 is 5.02. The van der Waals surface area contributed by atoms with Crippen LogP contribution in [0.3, 0.4) is 0 Å². The fourth-order valence-corrected chi connectivity index (χ4v) is 2.40. The molecule has 0 radical (unpaired) electrons. The van der Waals surface area contributed by atoms with Crippen molar-refractivity contribution < 1.29 is 14.5 Å². The number of para-hydroxylation sites is 1. The van der Waals surface area contributed by atoms with Gasteiger partial charge in [0.15, 0.2) is 0 Å². The fraction of sp³-hybridized carbons (Fsp3) is 0.333. The lowest BCUT2D eigenvalue weighted by Crippen LogP contribution is -2.36. The topological polar surface area (TPSA) is 117 Å². The van der Waals surface area contributed by atoms with Crippen LogP contribution in [0.15, 0.2) is 48.5 Å². The Kier molecular flexibility index (Phi) is 6.93. The summed E-state index contributed by atoms with van der Waals surface area (Å²) in [6.07, 6.45) is -0.851. The Bertz CT molecular complexity index is 892. The highest BCUT2D eigenvalue weighted by Gasteiger charge is 2.21. The lowest BCUT2D eigenvalue weighted by molar-refractivity contribution is -0.385. The van der Waals surface area contributed by atoms with Crippen molar-refractivity contribution in [3.63, 3.8) is 0 Å². The molecule has 0 aliphatic heterocycles. The molecule has 0 atom stereocenters. The Labute approximate surface area is 169 Å². The maximum Gasteiger partial charge on any atom is 0.413 e. The lowest BCUT2D eigenvalue weighted by Gasteiger charge is -2.31. The van der Waals surface area contributed by atoms with E-state index < -0.39 is 11.0 Å². The number of amidine groups is 1. The van der Waals surface area contributed by atoms with Crippen molar-refractivity contribution in [2.45, 2.75) is 39.8 Å². The van der Waals surface area contributed by atoms with Gasteiger partial charge in [0.25, 0.3) is 5.69 Å². The molecule has 29 heavy (non-hydrogen) atoms. The van der Waals surface area contributed by atoms with Gasteiger partial charge < -0.3 is 10.1 Å². The summed E-state index contributed by atoms with van der Waals surface area (Å²) in [6.45, 7) is 8.24. The van der Waals surface area contributed by atoms with Gasteiger partial charge in [-0.15, -0.1) is 0 Å². The number of amides is 1. The van der Waals surface area contributed by atoms with E-state index in [4.69, 9.17) is 10.1 Å². The second-order valence-corrected chi connectivity index (χ2v) is 7.54. The molecule has 2 rings (SSSR count). The molecule has 8 nitrogen and oxygen atoms in total. The van der Waals surface area contributed by atoms with Crippen molar-refractivity contribution in [1.82, 2.24) is 5.32 Å². The van der Waals surface area contributed by atoms with Crippen LogP contribution in [-0.4, -0.2) is 22.4 Å². The molecule has 0 heterocycles. The third-order valence-electron chi connectivity index (χ3n) is 4.86. The molecule has 3 N–H and O–H groups in total. The van der Waals surface area contributed by atoms with Crippen molar-refractivity contribution in [1.29, 1.82) is 5.41 Å². The quantitative estimate of drug-likeness (QED) is 0.271. The number of hydrogen-bond donors (Lipinski definition) is 3. The van der Waals surface area contributed by atoms with Crippen LogP contribution in [0.5, 0.6) is 0 Å². The van der Waals surface area contributed by atoms with Gasteiger partial charge in [-0.1, -0.05) is 26.0 Å². The predicted molar refractivity (Wildman–Crippen MR) is 112 cm³/mol. The number of nitro groups is 1. The van der Waals surface area contributed by atoms with Crippen molar-refractivity contribution in [3.8, 4) is 0 Å². The second-order valence-electron chi connectivity index (χ2n) is 7.54. The zero-order valence-corrected chi connectivity index (χ0v) is 17.0. The standard InChI is InChI=1S/C21H26N4O4/c1-14(2)21(3,4)24-17-11-9-15(10-12-17)19(22)23-20(26)29-13-16-7-5-6-8-18(16)25(27)28/h5-12,14,24H,13H2,1-4H3,(H2,22,23,26). The van der Waals surface area contributed by atoms with E-state index in [-0.39, 0.29) is 29.2 Å². The zero-order chi connectivity index (χ0) is 21.6. The number of anilines is 1. The Morgan fingerprint density at radius 2 is 1.79 bits per heavy atom. The van der Waals surface area contributed by atoms with Crippen LogP contribution >= 0.6 is 0 Å². The number of hydrogen-bond acceptors (Lipinski definition) is 6. The first-order chi connectivity index (χ1) is 13.6. The Balaban J connectivity index is 1.93. The highest BCUT2D eigenvalue weighted by molar-refractivity contribution is 6.04. The van der Waals surface area contributed by atoms with Gasteiger partial charge >= 0.3 is 6.09 Å². The van der Waals surface area contributed by atoms with Crippen LogP contribution in [0.2, 0.25) is 0 Å². The average Bonchev–Trinajstić information content (AvgIpc) is 2.66. The van der Waals surface area contributed by atoms with E-state index in [9.17, 15) is 14.9 Å². The smallest absolute Gasteiger partial charge is 0.413 e. The van der Waals surface area contributed by atoms with Crippen LogP contribution in [0, 0.1) is 21.4 Å². The number of nitrogens with zero attached hydrogens (tertiary/aromatic N) is 1. The van der Waals surface area contributed by atoms with E-state index in [0.717, 1.165) is 5.69 Å². The first-order valence-corrected chi connectivity index (χ1v) is 9.23. The third kappa shape index (κ3) is 6.03. The molecule has 0 spiro atoms. The number of alkyl carbamates (subject to hydrolysis) is 1. The molecule has 0 saturated carbocycles. The number of carbonyl (C=O) groups is 1. The SMILES string of the molecule is CC(C)C(C)(C)Nc1ccc(C(=N)NC(=O)OCc2ccccc2[N+](=O)[O-])cc1. The molecule has 2 aromatic rings. The van der Waals surface area contributed by atoms with Gasteiger partial charge in [-0.05, 0) is 50.1 Å². The molecule has 1 amide bonds. The van der Waals surface area contributed by atoms with Gasteiger partial charge in [0.1, 0.15) is 12.4 Å². The molecule has 0 aliphatic carbocycles. The summed E-state index contributed by atoms with van der Waals surface area (Å²) in [6, 6.07) is 13.2. The van der Waals surface area contributed by atoms with Crippen LogP contribution in [0.1, 0.15) is 38.8 Å². The second kappa shape index (κ2) is 9.18. The van der Waals surface area contributed by atoms with Crippen LogP contribution in [-0.2, 0) is 11.3 Å². The number of carbonyl (C=O) groups excluding carboxylic acids is 1. The fourth-order valence-electron chi connectivity index (χ4n) is 2.40. The number of nitrogens with one attached hydrogen (secondary N) is 3. The minimum Gasteiger partial charge on any atom is -0.444 e. The van der Waals surface area contributed by atoms with E-state index in [1.54, 1.807) is 18.2 Å². The van der Waals surface area contributed by atoms with E-state index in [1.165, 1.54) is 18.2 Å². The molecule has 0 saturated heterocycles.